The summed E-state index contributed by atoms with van der Waals surface area (Å²) in [5.74, 6) is 1.73. The van der Waals surface area contributed by atoms with Crippen molar-refractivity contribution < 1.29 is 4.74 Å². The van der Waals surface area contributed by atoms with Gasteiger partial charge < -0.3 is 4.74 Å². The fourth-order valence-corrected chi connectivity index (χ4v) is 2.88. The summed E-state index contributed by atoms with van der Waals surface area (Å²) in [6.45, 7) is 0. The van der Waals surface area contributed by atoms with Crippen molar-refractivity contribution in [2.75, 3.05) is 7.11 Å². The lowest BCUT2D eigenvalue weighted by Gasteiger charge is -2.11. The van der Waals surface area contributed by atoms with Gasteiger partial charge in [0.1, 0.15) is 5.75 Å². The van der Waals surface area contributed by atoms with E-state index in [0.29, 0.717) is 0 Å². The summed E-state index contributed by atoms with van der Waals surface area (Å²) in [4.78, 5) is 0. The van der Waals surface area contributed by atoms with Crippen molar-refractivity contribution in [3.8, 4) is 5.75 Å². The maximum Gasteiger partial charge on any atom is 0.119 e. The Morgan fingerprint density at radius 1 is 0.941 bits per heavy atom. The van der Waals surface area contributed by atoms with Gasteiger partial charge in [-0.2, -0.15) is 0 Å². The van der Waals surface area contributed by atoms with E-state index in [-0.39, 0.29) is 0 Å². The molecule has 1 aliphatic carbocycles. The van der Waals surface area contributed by atoms with Crippen LogP contribution in [0.2, 0.25) is 0 Å². The van der Waals surface area contributed by atoms with Gasteiger partial charge in [0.25, 0.3) is 0 Å². The first kappa shape index (κ1) is 10.6. The van der Waals surface area contributed by atoms with E-state index in [4.69, 9.17) is 4.74 Å². The van der Waals surface area contributed by atoms with Crippen LogP contribution < -0.4 is 4.74 Å². The third-order valence-electron chi connectivity index (χ3n) is 3.90. The molecule has 0 unspecified atom stereocenters. The summed E-state index contributed by atoms with van der Waals surface area (Å²) in [5, 5.41) is 2.60. The number of rotatable bonds is 2. The highest BCUT2D eigenvalue weighted by atomic mass is 16.5. The van der Waals surface area contributed by atoms with E-state index < -0.39 is 0 Å². The third-order valence-corrected chi connectivity index (χ3v) is 3.90. The lowest BCUT2D eigenvalue weighted by atomic mass is 9.95. The molecule has 0 radical (unpaired) electrons. The lowest BCUT2D eigenvalue weighted by molar-refractivity contribution is 0.415. The normalized spacial score (nSPS) is 16.5. The molecule has 2 aromatic carbocycles. The molecule has 0 bridgehead atoms. The first-order chi connectivity index (χ1) is 8.36. The standard InChI is InChI=1S/C16H18O/c1-17-16-9-8-14-10-13(6-7-15(14)11-16)12-4-2-3-5-12/h6-12H,2-5H2,1H3. The predicted molar refractivity (Wildman–Crippen MR) is 71.7 cm³/mol. The summed E-state index contributed by atoms with van der Waals surface area (Å²) in [5.41, 5.74) is 1.51. The van der Waals surface area contributed by atoms with Crippen LogP contribution in [0, 0.1) is 0 Å². The molecule has 3 rings (SSSR count). The quantitative estimate of drug-likeness (QED) is 0.732. The van der Waals surface area contributed by atoms with E-state index in [0.717, 1.165) is 11.7 Å². The van der Waals surface area contributed by atoms with Crippen molar-refractivity contribution in [1.29, 1.82) is 0 Å². The monoisotopic (exact) mass is 226 g/mol. The molecule has 17 heavy (non-hydrogen) atoms. The number of methoxy groups -OCH3 is 1. The van der Waals surface area contributed by atoms with E-state index in [1.165, 1.54) is 42.0 Å². The molecule has 1 nitrogen and oxygen atoms in total. The molecular weight excluding hydrogens is 208 g/mol. The predicted octanol–water partition coefficient (Wildman–Crippen LogP) is 4.51. The molecule has 0 amide bonds. The summed E-state index contributed by atoms with van der Waals surface area (Å²) in [6, 6.07) is 13.2. The van der Waals surface area contributed by atoms with Gasteiger partial charge in [-0.15, -0.1) is 0 Å². The zero-order valence-corrected chi connectivity index (χ0v) is 10.3. The fraction of sp³-hybridized carbons (Fsp3) is 0.375. The molecule has 0 aromatic heterocycles. The zero-order valence-electron chi connectivity index (χ0n) is 10.3. The van der Waals surface area contributed by atoms with Crippen molar-refractivity contribution in [3.63, 3.8) is 0 Å². The molecule has 1 saturated carbocycles. The van der Waals surface area contributed by atoms with Crippen molar-refractivity contribution in [3.05, 3.63) is 42.0 Å². The molecule has 0 heterocycles. The first-order valence-electron chi connectivity index (χ1n) is 6.44. The smallest absolute Gasteiger partial charge is 0.119 e. The fourth-order valence-electron chi connectivity index (χ4n) is 2.88. The van der Waals surface area contributed by atoms with E-state index in [1.54, 1.807) is 7.11 Å². The molecular formula is C16H18O. The second-order valence-corrected chi connectivity index (χ2v) is 4.95. The van der Waals surface area contributed by atoms with E-state index in [9.17, 15) is 0 Å². The number of fused-ring (bicyclic) bond motifs is 1. The first-order valence-corrected chi connectivity index (χ1v) is 6.44. The number of hydrogen-bond donors (Lipinski definition) is 0. The van der Waals surface area contributed by atoms with Crippen LogP contribution in [-0.4, -0.2) is 7.11 Å². The minimum Gasteiger partial charge on any atom is -0.497 e. The number of ether oxygens (including phenoxy) is 1. The Morgan fingerprint density at radius 2 is 1.65 bits per heavy atom. The highest BCUT2D eigenvalue weighted by Crippen LogP contribution is 2.35. The molecule has 0 saturated heterocycles. The average Bonchev–Trinajstić information content (AvgIpc) is 2.91. The lowest BCUT2D eigenvalue weighted by Crippen LogP contribution is -1.91. The molecule has 88 valence electrons. The molecule has 1 heteroatoms. The van der Waals surface area contributed by atoms with E-state index in [2.05, 4.69) is 30.3 Å². The van der Waals surface area contributed by atoms with Crippen LogP contribution in [0.4, 0.5) is 0 Å². The van der Waals surface area contributed by atoms with Crippen LogP contribution in [0.1, 0.15) is 37.2 Å². The summed E-state index contributed by atoms with van der Waals surface area (Å²) in [7, 11) is 1.72. The second-order valence-electron chi connectivity index (χ2n) is 4.95. The number of benzene rings is 2. The maximum absolute atomic E-state index is 5.25. The van der Waals surface area contributed by atoms with E-state index >= 15 is 0 Å². The Labute approximate surface area is 102 Å². The zero-order chi connectivity index (χ0) is 11.7. The SMILES string of the molecule is COc1ccc2cc(C3CCCC3)ccc2c1. The molecule has 0 spiro atoms. The van der Waals surface area contributed by atoms with Gasteiger partial charge >= 0.3 is 0 Å². The van der Waals surface area contributed by atoms with Crippen LogP contribution in [-0.2, 0) is 0 Å². The molecule has 0 atom stereocenters. The highest BCUT2D eigenvalue weighted by molar-refractivity contribution is 5.84. The van der Waals surface area contributed by atoms with Gasteiger partial charge in [-0.05, 0) is 47.2 Å². The minimum absolute atomic E-state index is 0.793. The molecule has 0 N–H and O–H groups in total. The van der Waals surface area contributed by atoms with Crippen LogP contribution in [0.3, 0.4) is 0 Å². The molecule has 2 aromatic rings. The van der Waals surface area contributed by atoms with Gasteiger partial charge in [0, 0.05) is 0 Å². The number of hydrogen-bond acceptors (Lipinski definition) is 1. The summed E-state index contributed by atoms with van der Waals surface area (Å²) in [6.07, 6.45) is 5.51. The Hall–Kier alpha value is -1.50. The van der Waals surface area contributed by atoms with Gasteiger partial charge in [0.05, 0.1) is 7.11 Å². The molecule has 1 fully saturated rings. The van der Waals surface area contributed by atoms with Crippen molar-refractivity contribution >= 4 is 10.8 Å². The second kappa shape index (κ2) is 4.40. The molecule has 0 aliphatic heterocycles. The Balaban J connectivity index is 2.01. The average molecular weight is 226 g/mol. The van der Waals surface area contributed by atoms with Crippen LogP contribution in [0.15, 0.2) is 36.4 Å². The Kier molecular flexibility index (Phi) is 2.76. The Morgan fingerprint density at radius 3 is 2.41 bits per heavy atom. The van der Waals surface area contributed by atoms with Gasteiger partial charge in [0.15, 0.2) is 0 Å². The maximum atomic E-state index is 5.25. The third kappa shape index (κ3) is 2.02. The van der Waals surface area contributed by atoms with Gasteiger partial charge in [-0.3, -0.25) is 0 Å². The van der Waals surface area contributed by atoms with Gasteiger partial charge in [0.2, 0.25) is 0 Å². The van der Waals surface area contributed by atoms with Crippen molar-refractivity contribution in [2.24, 2.45) is 0 Å². The van der Waals surface area contributed by atoms with E-state index in [1.807, 2.05) is 6.07 Å². The van der Waals surface area contributed by atoms with Crippen molar-refractivity contribution in [1.82, 2.24) is 0 Å². The van der Waals surface area contributed by atoms with Crippen LogP contribution in [0.5, 0.6) is 5.75 Å². The minimum atomic E-state index is 0.793. The van der Waals surface area contributed by atoms with Crippen LogP contribution in [0.25, 0.3) is 10.8 Å². The highest BCUT2D eigenvalue weighted by Gasteiger charge is 2.16. The largest absolute Gasteiger partial charge is 0.497 e. The van der Waals surface area contributed by atoms with Gasteiger partial charge in [-0.1, -0.05) is 37.1 Å². The summed E-state index contributed by atoms with van der Waals surface area (Å²) >= 11 is 0. The van der Waals surface area contributed by atoms with Crippen molar-refractivity contribution in [2.45, 2.75) is 31.6 Å². The Bertz CT molecular complexity index is 524. The van der Waals surface area contributed by atoms with Crippen LogP contribution >= 0.6 is 0 Å². The topological polar surface area (TPSA) is 9.23 Å². The van der Waals surface area contributed by atoms with Gasteiger partial charge in [-0.25, -0.2) is 0 Å². The summed E-state index contributed by atoms with van der Waals surface area (Å²) < 4.78 is 5.25. The molecule has 1 aliphatic rings.